The normalized spacial score (nSPS) is 11.0. The van der Waals surface area contributed by atoms with Gasteiger partial charge in [-0.1, -0.05) is 54.2 Å². The molecule has 0 saturated carbocycles. The number of halogens is 1. The van der Waals surface area contributed by atoms with Crippen LogP contribution in [-0.4, -0.2) is 39.7 Å². The van der Waals surface area contributed by atoms with Crippen LogP contribution in [0.4, 0.5) is 4.39 Å². The zero-order valence-corrected chi connectivity index (χ0v) is 18.5. The molecule has 33 heavy (non-hydrogen) atoms. The lowest BCUT2D eigenvalue weighted by Gasteiger charge is -2.11. The van der Waals surface area contributed by atoms with Crippen molar-refractivity contribution in [1.29, 1.82) is 0 Å². The van der Waals surface area contributed by atoms with Crippen molar-refractivity contribution < 1.29 is 13.9 Å². The number of aromatic nitrogens is 3. The lowest BCUT2D eigenvalue weighted by atomic mass is 10.2. The predicted molar refractivity (Wildman–Crippen MR) is 126 cm³/mol. The Bertz CT molecular complexity index is 1240. The van der Waals surface area contributed by atoms with Crippen molar-refractivity contribution >= 4 is 23.9 Å². The van der Waals surface area contributed by atoms with Crippen LogP contribution in [-0.2, 0) is 4.79 Å². The molecular weight excluding hydrogens is 441 g/mol. The first kappa shape index (κ1) is 22.2. The van der Waals surface area contributed by atoms with Gasteiger partial charge in [-0.3, -0.25) is 9.36 Å². The second kappa shape index (κ2) is 10.6. The van der Waals surface area contributed by atoms with Gasteiger partial charge in [-0.05, 0) is 42.0 Å². The van der Waals surface area contributed by atoms with Crippen LogP contribution < -0.4 is 10.2 Å². The third kappa shape index (κ3) is 5.64. The molecule has 0 radical (unpaired) electrons. The van der Waals surface area contributed by atoms with E-state index in [0.29, 0.717) is 16.5 Å². The number of carbonyl (C=O) groups excluding carboxylic acids is 1. The number of hydrogen-bond donors (Lipinski definition) is 1. The molecule has 1 aromatic heterocycles. The molecule has 3 aromatic carbocycles. The predicted octanol–water partition coefficient (Wildman–Crippen LogP) is 4.32. The van der Waals surface area contributed by atoms with E-state index in [4.69, 9.17) is 4.74 Å². The molecule has 4 aromatic rings. The Morgan fingerprint density at radius 3 is 2.48 bits per heavy atom. The number of hydrazone groups is 1. The highest BCUT2D eigenvalue weighted by molar-refractivity contribution is 7.99. The average Bonchev–Trinajstić information content (AvgIpc) is 3.28. The molecule has 4 rings (SSSR count). The molecule has 1 heterocycles. The van der Waals surface area contributed by atoms with Gasteiger partial charge in [0, 0.05) is 11.3 Å². The summed E-state index contributed by atoms with van der Waals surface area (Å²) in [5.41, 5.74) is 4.90. The zero-order chi connectivity index (χ0) is 23.0. The Balaban J connectivity index is 1.50. The van der Waals surface area contributed by atoms with Gasteiger partial charge in [0.05, 0.1) is 19.1 Å². The number of thioether (sulfide) groups is 1. The lowest BCUT2D eigenvalue weighted by Crippen LogP contribution is -2.20. The van der Waals surface area contributed by atoms with E-state index < -0.39 is 0 Å². The fourth-order valence-electron chi connectivity index (χ4n) is 2.99. The van der Waals surface area contributed by atoms with Crippen LogP contribution in [0.2, 0.25) is 0 Å². The van der Waals surface area contributed by atoms with Crippen molar-refractivity contribution in [2.45, 2.75) is 5.16 Å². The van der Waals surface area contributed by atoms with Crippen molar-refractivity contribution in [2.75, 3.05) is 12.9 Å². The van der Waals surface area contributed by atoms with Gasteiger partial charge >= 0.3 is 0 Å². The first-order valence-corrected chi connectivity index (χ1v) is 11.0. The number of ether oxygens (including phenoxy) is 1. The third-order valence-electron chi connectivity index (χ3n) is 4.60. The van der Waals surface area contributed by atoms with Gasteiger partial charge in [0.1, 0.15) is 11.6 Å². The van der Waals surface area contributed by atoms with E-state index in [1.807, 2.05) is 59.2 Å². The SMILES string of the molecule is COc1ccc(-n2c(SCC(=O)NN=Cc3ccc(F)cc3)nnc2-c2ccccc2)cc1. The molecule has 9 heteroatoms. The maximum atomic E-state index is 13.0. The Hall–Kier alpha value is -3.98. The molecule has 0 atom stereocenters. The fourth-order valence-corrected chi connectivity index (χ4v) is 3.74. The van der Waals surface area contributed by atoms with Crippen molar-refractivity contribution in [3.05, 3.63) is 90.2 Å². The molecule has 1 amide bonds. The van der Waals surface area contributed by atoms with Crippen LogP contribution in [0.3, 0.4) is 0 Å². The van der Waals surface area contributed by atoms with Gasteiger partial charge in [-0.25, -0.2) is 9.82 Å². The van der Waals surface area contributed by atoms with E-state index in [1.54, 1.807) is 19.2 Å². The largest absolute Gasteiger partial charge is 0.497 e. The topological polar surface area (TPSA) is 81.4 Å². The maximum absolute atomic E-state index is 13.0. The molecule has 0 fully saturated rings. The number of benzene rings is 3. The van der Waals surface area contributed by atoms with Crippen LogP contribution in [0.5, 0.6) is 5.75 Å². The molecule has 0 spiro atoms. The summed E-state index contributed by atoms with van der Waals surface area (Å²) in [4.78, 5) is 12.3. The van der Waals surface area contributed by atoms with Crippen molar-refractivity contribution in [3.8, 4) is 22.8 Å². The Morgan fingerprint density at radius 1 is 1.06 bits per heavy atom. The second-order valence-electron chi connectivity index (χ2n) is 6.84. The minimum atomic E-state index is -0.330. The molecule has 0 bridgehead atoms. The second-order valence-corrected chi connectivity index (χ2v) is 7.78. The number of amides is 1. The summed E-state index contributed by atoms with van der Waals surface area (Å²) in [6.07, 6.45) is 1.45. The Morgan fingerprint density at radius 2 is 1.79 bits per heavy atom. The highest BCUT2D eigenvalue weighted by atomic mass is 32.2. The number of methoxy groups -OCH3 is 1. The van der Waals surface area contributed by atoms with Gasteiger partial charge in [-0.2, -0.15) is 5.10 Å². The Kier molecular flexibility index (Phi) is 7.11. The van der Waals surface area contributed by atoms with Gasteiger partial charge in [0.25, 0.3) is 5.91 Å². The zero-order valence-electron chi connectivity index (χ0n) is 17.7. The van der Waals surface area contributed by atoms with E-state index >= 15 is 0 Å². The Labute approximate surface area is 194 Å². The smallest absolute Gasteiger partial charge is 0.250 e. The van der Waals surface area contributed by atoms with E-state index in [1.165, 1.54) is 30.1 Å². The van der Waals surface area contributed by atoms with Gasteiger partial charge < -0.3 is 4.74 Å². The molecule has 166 valence electrons. The lowest BCUT2D eigenvalue weighted by molar-refractivity contribution is -0.118. The molecule has 0 aliphatic carbocycles. The van der Waals surface area contributed by atoms with Crippen LogP contribution in [0.1, 0.15) is 5.56 Å². The summed E-state index contributed by atoms with van der Waals surface area (Å²) in [7, 11) is 1.61. The maximum Gasteiger partial charge on any atom is 0.250 e. The third-order valence-corrected chi connectivity index (χ3v) is 5.53. The van der Waals surface area contributed by atoms with Crippen molar-refractivity contribution in [1.82, 2.24) is 20.2 Å². The van der Waals surface area contributed by atoms with E-state index in [9.17, 15) is 9.18 Å². The first-order valence-electron chi connectivity index (χ1n) is 9.99. The van der Waals surface area contributed by atoms with Gasteiger partial charge in [-0.15, -0.1) is 10.2 Å². The first-order chi connectivity index (χ1) is 16.1. The summed E-state index contributed by atoms with van der Waals surface area (Å²) >= 11 is 1.25. The summed E-state index contributed by atoms with van der Waals surface area (Å²) in [5, 5.41) is 13.2. The monoisotopic (exact) mass is 461 g/mol. The standard InChI is InChI=1S/C24H20FN5O2S/c1-32-21-13-11-20(12-14-21)30-23(18-5-3-2-4-6-18)28-29-24(30)33-16-22(31)27-26-15-17-7-9-19(25)10-8-17/h2-15H,16H2,1H3,(H,27,31). The fraction of sp³-hybridized carbons (Fsp3) is 0.0833. The quantitative estimate of drug-likeness (QED) is 0.240. The van der Waals surface area contributed by atoms with Crippen molar-refractivity contribution in [2.24, 2.45) is 5.10 Å². The summed E-state index contributed by atoms with van der Waals surface area (Å²) < 4.78 is 20.1. The van der Waals surface area contributed by atoms with Crippen LogP contribution >= 0.6 is 11.8 Å². The molecular formula is C24H20FN5O2S. The van der Waals surface area contributed by atoms with Crippen LogP contribution in [0, 0.1) is 5.82 Å². The van der Waals surface area contributed by atoms with Crippen LogP contribution in [0.15, 0.2) is 89.1 Å². The van der Waals surface area contributed by atoms with Crippen LogP contribution in [0.25, 0.3) is 17.1 Å². The van der Waals surface area contributed by atoms with E-state index in [0.717, 1.165) is 17.0 Å². The summed E-state index contributed by atoms with van der Waals surface area (Å²) in [6, 6.07) is 23.0. The number of nitrogens with one attached hydrogen (secondary N) is 1. The highest BCUT2D eigenvalue weighted by Gasteiger charge is 2.17. The number of nitrogens with zero attached hydrogens (tertiary/aromatic N) is 4. The minimum Gasteiger partial charge on any atom is -0.497 e. The molecule has 0 aliphatic rings. The van der Waals surface area contributed by atoms with Crippen molar-refractivity contribution in [3.63, 3.8) is 0 Å². The molecule has 7 nitrogen and oxygen atoms in total. The molecule has 0 saturated heterocycles. The van der Waals surface area contributed by atoms with Gasteiger partial charge in [0.2, 0.25) is 0 Å². The van der Waals surface area contributed by atoms with E-state index in [2.05, 4.69) is 20.7 Å². The summed E-state index contributed by atoms with van der Waals surface area (Å²) in [6.45, 7) is 0. The van der Waals surface area contributed by atoms with Gasteiger partial charge in [0.15, 0.2) is 11.0 Å². The molecule has 0 aliphatic heterocycles. The molecule has 0 unspecified atom stereocenters. The average molecular weight is 462 g/mol. The summed E-state index contributed by atoms with van der Waals surface area (Å²) in [5.74, 6) is 0.857. The van der Waals surface area contributed by atoms with E-state index in [-0.39, 0.29) is 17.5 Å². The number of rotatable bonds is 8. The number of hydrogen-bond acceptors (Lipinski definition) is 6. The highest BCUT2D eigenvalue weighted by Crippen LogP contribution is 2.28. The minimum absolute atomic E-state index is 0.0871. The number of carbonyl (C=O) groups is 1. The molecule has 1 N–H and O–H groups in total.